The van der Waals surface area contributed by atoms with Crippen LogP contribution in [0.2, 0.25) is 0 Å². The van der Waals surface area contributed by atoms with Crippen LogP contribution in [0.25, 0.3) is 34.0 Å². The number of imidazole rings is 2. The van der Waals surface area contributed by atoms with Gasteiger partial charge in [0.15, 0.2) is 0 Å². The van der Waals surface area contributed by atoms with E-state index in [1.165, 1.54) is 12.7 Å². The molecule has 10 nitrogen and oxygen atoms in total. The Bertz CT molecular complexity index is 1460. The van der Waals surface area contributed by atoms with E-state index >= 15 is 0 Å². The molecule has 11 heteroatoms. The van der Waals surface area contributed by atoms with Gasteiger partial charge in [-0.05, 0) is 42.4 Å². The molecule has 0 unspecified atom stereocenters. The number of rotatable bonds is 6. The summed E-state index contributed by atoms with van der Waals surface area (Å²) in [5.74, 6) is 1.49. The van der Waals surface area contributed by atoms with Crippen molar-refractivity contribution >= 4 is 22.3 Å². The molecule has 0 N–H and O–H groups in total. The first kappa shape index (κ1) is 21.9. The molecule has 0 aliphatic heterocycles. The van der Waals surface area contributed by atoms with Crippen LogP contribution in [0.5, 0.6) is 0 Å². The van der Waals surface area contributed by atoms with Crippen molar-refractivity contribution in [2.75, 3.05) is 0 Å². The van der Waals surface area contributed by atoms with Crippen LogP contribution in [-0.4, -0.2) is 49.0 Å². The molecule has 0 atom stereocenters. The Balaban J connectivity index is 0.00000241. The molecule has 0 spiro atoms. The fourth-order valence-corrected chi connectivity index (χ4v) is 3.68. The number of aromatic nitrogens is 10. The van der Waals surface area contributed by atoms with Gasteiger partial charge in [-0.25, -0.2) is 0 Å². The van der Waals surface area contributed by atoms with Gasteiger partial charge in [-0.3, -0.25) is 29.9 Å². The van der Waals surface area contributed by atoms with Crippen molar-refractivity contribution in [2.24, 2.45) is 0 Å². The summed E-state index contributed by atoms with van der Waals surface area (Å²) in [5, 5.41) is 0. The molecule has 0 saturated heterocycles. The van der Waals surface area contributed by atoms with Crippen molar-refractivity contribution in [1.82, 2.24) is 49.0 Å². The zero-order valence-corrected chi connectivity index (χ0v) is 20.0. The van der Waals surface area contributed by atoms with E-state index in [4.69, 9.17) is 9.97 Å². The number of hydrogen-bond donors (Lipinski definition) is 0. The molecule has 0 amide bonds. The molecule has 0 aliphatic rings. The van der Waals surface area contributed by atoms with Crippen molar-refractivity contribution in [1.29, 1.82) is 0 Å². The topological polar surface area (TPSA) is 113 Å². The van der Waals surface area contributed by atoms with Crippen LogP contribution < -0.4 is 0 Å². The Morgan fingerprint density at radius 3 is 1.68 bits per heavy atom. The third-order valence-corrected chi connectivity index (χ3v) is 5.25. The second-order valence-corrected chi connectivity index (χ2v) is 7.39. The average molecular weight is 628 g/mol. The van der Waals surface area contributed by atoms with E-state index in [0.717, 1.165) is 53.3 Å². The van der Waals surface area contributed by atoms with Crippen LogP contribution >= 0.6 is 0 Å². The molecule has 0 fully saturated rings. The SMILES string of the molecule is [Pt+2].[c-]1nc2ncncc2n1-c1cccc(CCCc2cccc(-n3[c-]nc4ncncc43)n2)n1. The van der Waals surface area contributed by atoms with E-state index in [1.54, 1.807) is 21.5 Å². The summed E-state index contributed by atoms with van der Waals surface area (Å²) < 4.78 is 3.55. The van der Waals surface area contributed by atoms with Gasteiger partial charge < -0.3 is 19.1 Å². The molecule has 34 heavy (non-hydrogen) atoms. The van der Waals surface area contributed by atoms with Crippen LogP contribution in [0, 0.1) is 12.7 Å². The molecular weight excluding hydrogens is 611 g/mol. The summed E-state index contributed by atoms with van der Waals surface area (Å²) >= 11 is 0. The van der Waals surface area contributed by atoms with E-state index < -0.39 is 0 Å². The van der Waals surface area contributed by atoms with E-state index in [0.29, 0.717) is 11.3 Å². The first-order valence-corrected chi connectivity index (χ1v) is 10.4. The van der Waals surface area contributed by atoms with E-state index in [1.807, 2.05) is 36.4 Å². The largest absolute Gasteiger partial charge is 2.00 e. The third kappa shape index (κ3) is 4.20. The summed E-state index contributed by atoms with van der Waals surface area (Å²) in [6.45, 7) is 0. The minimum Gasteiger partial charge on any atom is -0.409 e. The predicted molar refractivity (Wildman–Crippen MR) is 119 cm³/mol. The molecule has 168 valence electrons. The number of pyridine rings is 2. The molecule has 6 heterocycles. The fourth-order valence-electron chi connectivity index (χ4n) is 3.68. The summed E-state index contributed by atoms with van der Waals surface area (Å²) in [7, 11) is 0. The Kier molecular flexibility index (Phi) is 6.14. The quantitative estimate of drug-likeness (QED) is 0.259. The van der Waals surface area contributed by atoms with Crippen molar-refractivity contribution in [3.8, 4) is 11.6 Å². The monoisotopic (exact) mass is 627 g/mol. The van der Waals surface area contributed by atoms with Crippen molar-refractivity contribution < 1.29 is 21.1 Å². The molecule has 0 aliphatic carbocycles. The smallest absolute Gasteiger partial charge is 0.409 e. The minimum absolute atomic E-state index is 0. The molecule has 0 aromatic carbocycles. The first-order chi connectivity index (χ1) is 16.3. The molecule has 6 rings (SSSR count). The molecular formula is C23H16N10Pt. The summed E-state index contributed by atoms with van der Waals surface area (Å²) in [6, 6.07) is 11.9. The Labute approximate surface area is 208 Å². The van der Waals surface area contributed by atoms with Gasteiger partial charge in [0.05, 0.1) is 22.9 Å². The van der Waals surface area contributed by atoms with Crippen molar-refractivity contribution in [2.45, 2.75) is 19.3 Å². The molecule has 0 saturated carbocycles. The van der Waals surface area contributed by atoms with Gasteiger partial charge >= 0.3 is 21.1 Å². The van der Waals surface area contributed by atoms with E-state index in [-0.39, 0.29) is 21.1 Å². The van der Waals surface area contributed by atoms with Crippen LogP contribution in [0.4, 0.5) is 0 Å². The second kappa shape index (κ2) is 9.52. The summed E-state index contributed by atoms with van der Waals surface area (Å²) in [4.78, 5) is 34.4. The number of nitrogens with zero attached hydrogens (tertiary/aromatic N) is 10. The maximum absolute atomic E-state index is 4.77. The van der Waals surface area contributed by atoms with Gasteiger partial charge in [-0.1, -0.05) is 24.3 Å². The van der Waals surface area contributed by atoms with Gasteiger partial charge in [-0.15, -0.1) is 0 Å². The first-order valence-electron chi connectivity index (χ1n) is 10.4. The van der Waals surface area contributed by atoms with Crippen LogP contribution in [0.3, 0.4) is 0 Å². The Morgan fingerprint density at radius 1 is 0.676 bits per heavy atom. The minimum atomic E-state index is 0. The van der Waals surface area contributed by atoms with Gasteiger partial charge in [-0.2, -0.15) is 0 Å². The Hall–Kier alpha value is -3.91. The van der Waals surface area contributed by atoms with E-state index in [9.17, 15) is 0 Å². The summed E-state index contributed by atoms with van der Waals surface area (Å²) in [6.07, 6.45) is 14.8. The van der Waals surface area contributed by atoms with Crippen molar-refractivity contribution in [3.63, 3.8) is 0 Å². The van der Waals surface area contributed by atoms with E-state index in [2.05, 4.69) is 42.6 Å². The maximum Gasteiger partial charge on any atom is 2.00 e. The zero-order chi connectivity index (χ0) is 22.0. The normalized spacial score (nSPS) is 11.1. The molecule has 0 bridgehead atoms. The van der Waals surface area contributed by atoms with Crippen LogP contribution in [0.1, 0.15) is 17.8 Å². The van der Waals surface area contributed by atoms with Crippen LogP contribution in [0.15, 0.2) is 61.4 Å². The average Bonchev–Trinajstić information content (AvgIpc) is 3.49. The molecule has 6 aromatic rings. The van der Waals surface area contributed by atoms with Gasteiger partial charge in [0, 0.05) is 36.4 Å². The number of fused-ring (bicyclic) bond motifs is 2. The second-order valence-electron chi connectivity index (χ2n) is 7.39. The maximum atomic E-state index is 4.77. The van der Waals surface area contributed by atoms with Crippen molar-refractivity contribution in [3.05, 3.63) is 85.5 Å². The zero-order valence-electron chi connectivity index (χ0n) is 17.7. The Morgan fingerprint density at radius 2 is 1.18 bits per heavy atom. The number of hydrogen-bond acceptors (Lipinski definition) is 8. The standard InChI is InChI=1S/C23H16N10.Pt/c1(4-16-6-2-8-20(30-16)32-14-28-22-18(32)10-24-12-26-22)5-17-7-3-9-21(31-17)33-15-29-23-19(33)11-25-13-27-23;/h2-3,6-13H,1,4-5H2;/q-2;+2. The predicted octanol–water partition coefficient (Wildman–Crippen LogP) is 2.51. The van der Waals surface area contributed by atoms with Gasteiger partial charge in [0.1, 0.15) is 12.7 Å². The fraction of sp³-hybridized carbons (Fsp3) is 0.130. The summed E-state index contributed by atoms with van der Waals surface area (Å²) in [5.41, 5.74) is 4.72. The number of aryl methyl sites for hydroxylation is 2. The van der Waals surface area contributed by atoms with Crippen LogP contribution in [-0.2, 0) is 33.9 Å². The van der Waals surface area contributed by atoms with Gasteiger partial charge in [0.2, 0.25) is 0 Å². The third-order valence-electron chi connectivity index (χ3n) is 5.25. The molecule has 6 aromatic heterocycles. The molecule has 0 radical (unpaired) electrons. The van der Waals surface area contributed by atoms with Gasteiger partial charge in [0.25, 0.3) is 0 Å².